The average molecular weight is 264 g/mol. The first-order valence-electron chi connectivity index (χ1n) is 6.56. The third-order valence-corrected chi connectivity index (χ3v) is 3.32. The molecule has 0 atom stereocenters. The SMILES string of the molecule is Cc1ccc(-c2cc(O)nn2-c2ccc(C)cc2)cc1. The number of aromatic hydroxyl groups is 1. The highest BCUT2D eigenvalue weighted by Crippen LogP contribution is 2.26. The van der Waals surface area contributed by atoms with Gasteiger partial charge in [0.25, 0.3) is 0 Å². The van der Waals surface area contributed by atoms with Crippen molar-refractivity contribution in [3.8, 4) is 22.8 Å². The van der Waals surface area contributed by atoms with Crippen LogP contribution in [0.5, 0.6) is 5.88 Å². The third kappa shape index (κ3) is 2.30. The summed E-state index contributed by atoms with van der Waals surface area (Å²) in [6.07, 6.45) is 0. The second-order valence-electron chi connectivity index (χ2n) is 5.00. The minimum atomic E-state index is 0.0288. The van der Waals surface area contributed by atoms with Gasteiger partial charge >= 0.3 is 0 Å². The number of benzene rings is 2. The standard InChI is InChI=1S/C17H16N2O/c1-12-3-7-14(8-4-12)16-11-17(20)18-19(16)15-9-5-13(2)6-10-15/h3-11H,1-2H3,(H,18,20). The van der Waals surface area contributed by atoms with Crippen molar-refractivity contribution in [2.75, 3.05) is 0 Å². The van der Waals surface area contributed by atoms with E-state index < -0.39 is 0 Å². The lowest BCUT2D eigenvalue weighted by Gasteiger charge is -2.08. The van der Waals surface area contributed by atoms with Crippen LogP contribution in [0.2, 0.25) is 0 Å². The Hall–Kier alpha value is -2.55. The zero-order valence-corrected chi connectivity index (χ0v) is 11.5. The maximum Gasteiger partial charge on any atom is 0.231 e. The maximum atomic E-state index is 9.73. The molecular weight excluding hydrogens is 248 g/mol. The first-order valence-corrected chi connectivity index (χ1v) is 6.56. The number of nitrogens with zero attached hydrogens (tertiary/aromatic N) is 2. The van der Waals surface area contributed by atoms with Crippen LogP contribution in [-0.2, 0) is 0 Å². The van der Waals surface area contributed by atoms with Gasteiger partial charge in [0.15, 0.2) is 0 Å². The van der Waals surface area contributed by atoms with Crippen LogP contribution in [0.3, 0.4) is 0 Å². The van der Waals surface area contributed by atoms with E-state index in [0.29, 0.717) is 0 Å². The predicted octanol–water partition coefficient (Wildman–Crippen LogP) is 3.86. The Morgan fingerprint density at radius 1 is 0.850 bits per heavy atom. The van der Waals surface area contributed by atoms with E-state index in [9.17, 15) is 5.11 Å². The van der Waals surface area contributed by atoms with Crippen molar-refractivity contribution in [3.05, 3.63) is 65.7 Å². The van der Waals surface area contributed by atoms with Gasteiger partial charge in [0.2, 0.25) is 5.88 Å². The Balaban J connectivity index is 2.12. The van der Waals surface area contributed by atoms with Crippen molar-refractivity contribution in [1.29, 1.82) is 0 Å². The smallest absolute Gasteiger partial charge is 0.231 e. The summed E-state index contributed by atoms with van der Waals surface area (Å²) < 4.78 is 1.76. The molecule has 2 aromatic carbocycles. The van der Waals surface area contributed by atoms with Gasteiger partial charge in [0, 0.05) is 11.6 Å². The quantitative estimate of drug-likeness (QED) is 0.763. The van der Waals surface area contributed by atoms with Gasteiger partial charge in [-0.1, -0.05) is 47.5 Å². The number of aromatic nitrogens is 2. The normalized spacial score (nSPS) is 10.7. The van der Waals surface area contributed by atoms with Crippen LogP contribution < -0.4 is 0 Å². The summed E-state index contributed by atoms with van der Waals surface area (Å²) in [6, 6.07) is 17.9. The Morgan fingerprint density at radius 2 is 1.40 bits per heavy atom. The van der Waals surface area contributed by atoms with Crippen molar-refractivity contribution >= 4 is 0 Å². The first-order chi connectivity index (χ1) is 9.63. The number of hydrogen-bond acceptors (Lipinski definition) is 2. The summed E-state index contributed by atoms with van der Waals surface area (Å²) in [5.41, 5.74) is 5.25. The van der Waals surface area contributed by atoms with Crippen LogP contribution >= 0.6 is 0 Å². The highest BCUT2D eigenvalue weighted by molar-refractivity contribution is 5.63. The minimum absolute atomic E-state index is 0.0288. The van der Waals surface area contributed by atoms with Crippen LogP contribution in [0.25, 0.3) is 16.9 Å². The second kappa shape index (κ2) is 4.85. The summed E-state index contributed by atoms with van der Waals surface area (Å²) in [4.78, 5) is 0. The lowest BCUT2D eigenvalue weighted by molar-refractivity contribution is 0.448. The Kier molecular flexibility index (Phi) is 3.03. The fourth-order valence-electron chi connectivity index (χ4n) is 2.18. The fraction of sp³-hybridized carbons (Fsp3) is 0.118. The first kappa shape index (κ1) is 12.5. The lowest BCUT2D eigenvalue weighted by Crippen LogP contribution is -1.98. The molecule has 3 rings (SSSR count). The number of aryl methyl sites for hydroxylation is 2. The van der Waals surface area contributed by atoms with Crippen molar-refractivity contribution in [1.82, 2.24) is 9.78 Å². The van der Waals surface area contributed by atoms with Crippen LogP contribution in [-0.4, -0.2) is 14.9 Å². The van der Waals surface area contributed by atoms with Crippen LogP contribution in [0.4, 0.5) is 0 Å². The van der Waals surface area contributed by atoms with Crippen molar-refractivity contribution in [3.63, 3.8) is 0 Å². The van der Waals surface area contributed by atoms with E-state index >= 15 is 0 Å². The second-order valence-corrected chi connectivity index (χ2v) is 5.00. The topological polar surface area (TPSA) is 38.1 Å². The summed E-state index contributed by atoms with van der Waals surface area (Å²) >= 11 is 0. The molecule has 0 unspecified atom stereocenters. The molecule has 0 aliphatic heterocycles. The van der Waals surface area contributed by atoms with E-state index in [1.165, 1.54) is 11.1 Å². The molecule has 1 heterocycles. The molecule has 0 radical (unpaired) electrons. The van der Waals surface area contributed by atoms with E-state index in [1.54, 1.807) is 10.7 Å². The molecule has 0 fully saturated rings. The molecule has 0 saturated heterocycles. The van der Waals surface area contributed by atoms with E-state index in [-0.39, 0.29) is 5.88 Å². The molecule has 20 heavy (non-hydrogen) atoms. The molecule has 0 amide bonds. The highest BCUT2D eigenvalue weighted by Gasteiger charge is 2.10. The molecule has 0 aliphatic rings. The largest absolute Gasteiger partial charge is 0.492 e. The Morgan fingerprint density at radius 3 is 2.00 bits per heavy atom. The zero-order chi connectivity index (χ0) is 14.1. The highest BCUT2D eigenvalue weighted by atomic mass is 16.3. The van der Waals surface area contributed by atoms with Crippen molar-refractivity contribution in [2.24, 2.45) is 0 Å². The summed E-state index contributed by atoms with van der Waals surface area (Å²) in [5.74, 6) is 0.0288. The average Bonchev–Trinajstić information content (AvgIpc) is 2.82. The predicted molar refractivity (Wildman–Crippen MR) is 80.1 cm³/mol. The number of rotatable bonds is 2. The molecule has 1 aromatic heterocycles. The van der Waals surface area contributed by atoms with E-state index in [2.05, 4.69) is 24.2 Å². The van der Waals surface area contributed by atoms with E-state index in [1.807, 2.05) is 43.3 Å². The van der Waals surface area contributed by atoms with Crippen LogP contribution in [0.1, 0.15) is 11.1 Å². The minimum Gasteiger partial charge on any atom is -0.492 e. The molecule has 1 N–H and O–H groups in total. The fourth-order valence-corrected chi connectivity index (χ4v) is 2.18. The molecule has 0 bridgehead atoms. The van der Waals surface area contributed by atoms with Gasteiger partial charge in [0.05, 0.1) is 11.4 Å². The van der Waals surface area contributed by atoms with Gasteiger partial charge in [-0.3, -0.25) is 0 Å². The number of hydrogen-bond donors (Lipinski definition) is 1. The molecule has 0 saturated carbocycles. The monoisotopic (exact) mass is 264 g/mol. The molecule has 100 valence electrons. The Labute approximate surface area is 118 Å². The third-order valence-electron chi connectivity index (χ3n) is 3.32. The van der Waals surface area contributed by atoms with E-state index in [4.69, 9.17) is 0 Å². The summed E-state index contributed by atoms with van der Waals surface area (Å²) in [7, 11) is 0. The zero-order valence-electron chi connectivity index (χ0n) is 11.5. The molecule has 3 nitrogen and oxygen atoms in total. The van der Waals surface area contributed by atoms with Gasteiger partial charge in [-0.2, -0.15) is 0 Å². The Bertz CT molecular complexity index is 662. The van der Waals surface area contributed by atoms with Gasteiger partial charge in [-0.05, 0) is 26.0 Å². The van der Waals surface area contributed by atoms with Crippen molar-refractivity contribution in [2.45, 2.75) is 13.8 Å². The van der Waals surface area contributed by atoms with Gasteiger partial charge in [-0.25, -0.2) is 4.68 Å². The molecule has 3 heteroatoms. The van der Waals surface area contributed by atoms with E-state index in [0.717, 1.165) is 16.9 Å². The molecule has 0 aliphatic carbocycles. The molecule has 3 aromatic rings. The molecule has 0 spiro atoms. The van der Waals surface area contributed by atoms with Gasteiger partial charge in [0.1, 0.15) is 0 Å². The van der Waals surface area contributed by atoms with Gasteiger partial charge < -0.3 is 5.11 Å². The van der Waals surface area contributed by atoms with Gasteiger partial charge in [-0.15, -0.1) is 5.10 Å². The van der Waals surface area contributed by atoms with Crippen LogP contribution in [0, 0.1) is 13.8 Å². The van der Waals surface area contributed by atoms with Crippen LogP contribution in [0.15, 0.2) is 54.6 Å². The lowest BCUT2D eigenvalue weighted by atomic mass is 10.1. The molecular formula is C17H16N2O. The maximum absolute atomic E-state index is 9.73. The summed E-state index contributed by atoms with van der Waals surface area (Å²) in [5, 5.41) is 13.9. The summed E-state index contributed by atoms with van der Waals surface area (Å²) in [6.45, 7) is 4.10. The van der Waals surface area contributed by atoms with Crippen molar-refractivity contribution < 1.29 is 5.11 Å².